The lowest BCUT2D eigenvalue weighted by Gasteiger charge is -2.27. The molecule has 1 unspecified atom stereocenters. The second-order valence-corrected chi connectivity index (χ2v) is 6.98. The zero-order valence-corrected chi connectivity index (χ0v) is 15.8. The van der Waals surface area contributed by atoms with Crippen molar-refractivity contribution in [2.45, 2.75) is 13.0 Å². The van der Waals surface area contributed by atoms with Crippen LogP contribution in [0, 0.1) is 5.92 Å². The lowest BCUT2D eigenvalue weighted by atomic mass is 9.91. The molecule has 3 rings (SSSR count). The van der Waals surface area contributed by atoms with Crippen LogP contribution in [0.3, 0.4) is 0 Å². The number of halogens is 3. The van der Waals surface area contributed by atoms with E-state index in [2.05, 4.69) is 5.10 Å². The van der Waals surface area contributed by atoms with Crippen LogP contribution in [0.1, 0.15) is 18.5 Å². The Labute approximate surface area is 160 Å². The number of nitrogens with zero attached hydrogens (tertiary/aromatic N) is 2. The minimum atomic E-state index is -0.459. The third-order valence-electron chi connectivity index (χ3n) is 4.15. The zero-order chi connectivity index (χ0) is 18.1. The van der Waals surface area contributed by atoms with E-state index in [4.69, 9.17) is 39.5 Å². The quantitative estimate of drug-likeness (QED) is 0.654. The van der Waals surface area contributed by atoms with Crippen LogP contribution in [-0.2, 0) is 9.53 Å². The van der Waals surface area contributed by atoms with Crippen molar-refractivity contribution in [2.24, 2.45) is 11.0 Å². The molecule has 7 heteroatoms. The molecule has 1 aliphatic heterocycles. The second-order valence-electron chi connectivity index (χ2n) is 5.70. The van der Waals surface area contributed by atoms with Gasteiger partial charge >= 0.3 is 5.97 Å². The Morgan fingerprint density at radius 1 is 1.08 bits per heavy atom. The van der Waals surface area contributed by atoms with E-state index in [1.54, 1.807) is 35.3 Å². The van der Waals surface area contributed by atoms with Gasteiger partial charge in [-0.2, -0.15) is 5.10 Å². The molecule has 4 nitrogen and oxygen atoms in total. The molecule has 130 valence electrons. The molecule has 0 saturated heterocycles. The molecule has 1 aliphatic rings. The van der Waals surface area contributed by atoms with Crippen molar-refractivity contribution >= 4 is 52.2 Å². The van der Waals surface area contributed by atoms with E-state index in [0.717, 1.165) is 5.56 Å². The number of rotatable bonds is 3. The highest BCUT2D eigenvalue weighted by atomic mass is 35.5. The fourth-order valence-corrected chi connectivity index (χ4v) is 3.54. The first-order valence-electron chi connectivity index (χ1n) is 7.59. The van der Waals surface area contributed by atoms with Crippen LogP contribution in [0.4, 0.5) is 5.69 Å². The minimum Gasteiger partial charge on any atom is -0.464 e. The summed E-state index contributed by atoms with van der Waals surface area (Å²) < 4.78 is 4.87. The summed E-state index contributed by atoms with van der Waals surface area (Å²) in [5, 5.41) is 7.85. The fourth-order valence-electron chi connectivity index (χ4n) is 2.92. The van der Waals surface area contributed by atoms with Gasteiger partial charge in [0.05, 0.1) is 23.9 Å². The Bertz CT molecular complexity index is 837. The highest BCUT2D eigenvalue weighted by molar-refractivity contribution is 6.39. The van der Waals surface area contributed by atoms with Crippen LogP contribution in [-0.4, -0.2) is 18.8 Å². The number of hydrogen-bond acceptors (Lipinski definition) is 4. The van der Waals surface area contributed by atoms with Gasteiger partial charge in [0.25, 0.3) is 0 Å². The monoisotopic (exact) mass is 396 g/mol. The molecule has 0 aromatic heterocycles. The Morgan fingerprint density at radius 3 is 2.32 bits per heavy atom. The molecule has 0 amide bonds. The third kappa shape index (κ3) is 3.47. The van der Waals surface area contributed by atoms with Crippen LogP contribution in [0.5, 0.6) is 0 Å². The van der Waals surface area contributed by atoms with Crippen LogP contribution in [0.25, 0.3) is 0 Å². The molecule has 0 fully saturated rings. The van der Waals surface area contributed by atoms with Crippen molar-refractivity contribution in [3.63, 3.8) is 0 Å². The fraction of sp³-hybridized carbons (Fsp3) is 0.222. The molecule has 2 aromatic carbocycles. The molecular formula is C18H15Cl3N2O2. The number of ether oxygens (including phenoxy) is 1. The van der Waals surface area contributed by atoms with Gasteiger partial charge in [-0.3, -0.25) is 5.01 Å². The predicted molar refractivity (Wildman–Crippen MR) is 102 cm³/mol. The summed E-state index contributed by atoms with van der Waals surface area (Å²) in [5.41, 5.74) is 1.97. The number of carbonyl (C=O) groups excluding carboxylic acids is 1. The van der Waals surface area contributed by atoms with Crippen LogP contribution in [0.2, 0.25) is 15.1 Å². The van der Waals surface area contributed by atoms with Gasteiger partial charge in [0.2, 0.25) is 0 Å². The SMILES string of the molecule is COC(=O)C1=NN(c2ccc(Cl)cc2Cl)C(c2ccc(Cl)cc2)[C@@H]1C. The molecule has 2 aromatic rings. The Kier molecular flexibility index (Phi) is 5.23. The van der Waals surface area contributed by atoms with Gasteiger partial charge in [0, 0.05) is 16.0 Å². The number of esters is 1. The van der Waals surface area contributed by atoms with Gasteiger partial charge in [-0.15, -0.1) is 0 Å². The van der Waals surface area contributed by atoms with E-state index < -0.39 is 5.97 Å². The van der Waals surface area contributed by atoms with E-state index in [-0.39, 0.29) is 12.0 Å². The van der Waals surface area contributed by atoms with Crippen molar-refractivity contribution in [3.8, 4) is 0 Å². The van der Waals surface area contributed by atoms with Crippen molar-refractivity contribution in [1.82, 2.24) is 0 Å². The van der Waals surface area contributed by atoms with Gasteiger partial charge < -0.3 is 4.74 Å². The summed E-state index contributed by atoms with van der Waals surface area (Å²) in [7, 11) is 1.34. The van der Waals surface area contributed by atoms with Crippen molar-refractivity contribution < 1.29 is 9.53 Å². The average Bonchev–Trinajstić information content (AvgIpc) is 2.92. The van der Waals surface area contributed by atoms with E-state index >= 15 is 0 Å². The van der Waals surface area contributed by atoms with E-state index in [9.17, 15) is 4.79 Å². The molecule has 2 atom stereocenters. The highest BCUT2D eigenvalue weighted by Crippen LogP contribution is 2.42. The van der Waals surface area contributed by atoms with Gasteiger partial charge in [0.15, 0.2) is 5.71 Å². The van der Waals surface area contributed by atoms with Crippen LogP contribution in [0.15, 0.2) is 47.6 Å². The molecule has 25 heavy (non-hydrogen) atoms. The highest BCUT2D eigenvalue weighted by Gasteiger charge is 2.40. The first-order chi connectivity index (χ1) is 11.9. The summed E-state index contributed by atoms with van der Waals surface area (Å²) in [6, 6.07) is 12.4. The molecule has 0 saturated carbocycles. The first kappa shape index (κ1) is 18.1. The Morgan fingerprint density at radius 2 is 1.72 bits per heavy atom. The summed E-state index contributed by atoms with van der Waals surface area (Å²) in [6.07, 6.45) is 0. The third-order valence-corrected chi connectivity index (χ3v) is 4.94. The number of methoxy groups -OCH3 is 1. The normalized spacial score (nSPS) is 19.7. The van der Waals surface area contributed by atoms with Crippen LogP contribution < -0.4 is 5.01 Å². The van der Waals surface area contributed by atoms with Gasteiger partial charge in [0.1, 0.15) is 0 Å². The summed E-state index contributed by atoms with van der Waals surface area (Å²) in [6.45, 7) is 1.93. The average molecular weight is 398 g/mol. The molecule has 0 bridgehead atoms. The molecule has 0 aliphatic carbocycles. The van der Waals surface area contributed by atoms with Crippen LogP contribution >= 0.6 is 34.8 Å². The summed E-state index contributed by atoms with van der Waals surface area (Å²) >= 11 is 18.4. The maximum Gasteiger partial charge on any atom is 0.354 e. The smallest absolute Gasteiger partial charge is 0.354 e. The maximum atomic E-state index is 12.1. The number of anilines is 1. The maximum absolute atomic E-state index is 12.1. The standard InChI is InChI=1S/C18H15Cl3N2O2/c1-10-16(18(24)25-2)22-23(15-8-7-13(20)9-14(15)21)17(10)11-3-5-12(19)6-4-11/h3-10,17H,1-2H3/t10-,17?/m1/s1. The number of carbonyl (C=O) groups is 1. The van der Waals surface area contributed by atoms with E-state index in [1.807, 2.05) is 19.1 Å². The number of hydrazone groups is 1. The molecule has 0 spiro atoms. The van der Waals surface area contributed by atoms with Crippen molar-refractivity contribution in [2.75, 3.05) is 12.1 Å². The second kappa shape index (κ2) is 7.24. The number of benzene rings is 2. The Hall–Kier alpha value is -1.75. The topological polar surface area (TPSA) is 41.9 Å². The largest absolute Gasteiger partial charge is 0.464 e. The Balaban J connectivity index is 2.10. The molecule has 0 N–H and O–H groups in total. The molecular weight excluding hydrogens is 383 g/mol. The van der Waals surface area contributed by atoms with Crippen molar-refractivity contribution in [3.05, 3.63) is 63.1 Å². The molecule has 1 heterocycles. The molecule has 0 radical (unpaired) electrons. The lowest BCUT2D eigenvalue weighted by Crippen LogP contribution is -2.26. The predicted octanol–water partition coefficient (Wildman–Crippen LogP) is 5.37. The van der Waals surface area contributed by atoms with Gasteiger partial charge in [-0.25, -0.2) is 4.79 Å². The lowest BCUT2D eigenvalue weighted by molar-refractivity contribution is -0.133. The van der Waals surface area contributed by atoms with Gasteiger partial charge in [-0.05, 0) is 35.9 Å². The zero-order valence-electron chi connectivity index (χ0n) is 13.5. The van der Waals surface area contributed by atoms with E-state index in [0.29, 0.717) is 26.5 Å². The summed E-state index contributed by atoms with van der Waals surface area (Å²) in [4.78, 5) is 12.1. The van der Waals surface area contributed by atoms with Gasteiger partial charge in [-0.1, -0.05) is 53.9 Å². The first-order valence-corrected chi connectivity index (χ1v) is 8.72. The van der Waals surface area contributed by atoms with E-state index in [1.165, 1.54) is 7.11 Å². The minimum absolute atomic E-state index is 0.194. The van der Waals surface area contributed by atoms with Crippen molar-refractivity contribution in [1.29, 1.82) is 0 Å². The number of hydrogen-bond donors (Lipinski definition) is 0. The summed E-state index contributed by atoms with van der Waals surface area (Å²) in [5.74, 6) is -0.653.